The molecule has 0 amide bonds. The number of rotatable bonds is 3. The highest BCUT2D eigenvalue weighted by Gasteiger charge is 2.22. The van der Waals surface area contributed by atoms with Crippen molar-refractivity contribution in [2.24, 2.45) is 5.92 Å². The lowest BCUT2D eigenvalue weighted by Crippen LogP contribution is -2.48. The second-order valence-electron chi connectivity index (χ2n) is 6.23. The lowest BCUT2D eigenvalue weighted by Gasteiger charge is -2.38. The summed E-state index contributed by atoms with van der Waals surface area (Å²) in [5.41, 5.74) is 7.97. The van der Waals surface area contributed by atoms with E-state index in [-0.39, 0.29) is 0 Å². The van der Waals surface area contributed by atoms with Crippen molar-refractivity contribution in [1.82, 2.24) is 9.88 Å². The Morgan fingerprint density at radius 1 is 1.10 bits per heavy atom. The first-order chi connectivity index (χ1) is 9.83. The largest absolute Gasteiger partial charge is 0.396 e. The van der Waals surface area contributed by atoms with Crippen molar-refractivity contribution >= 4 is 11.4 Å². The number of anilines is 2. The number of nitrogens with two attached hydrogens (primary N) is 1. The molecule has 20 heavy (non-hydrogen) atoms. The zero-order valence-corrected chi connectivity index (χ0v) is 12.3. The van der Waals surface area contributed by atoms with E-state index in [0.717, 1.165) is 43.5 Å². The van der Waals surface area contributed by atoms with Crippen LogP contribution >= 0.6 is 0 Å². The van der Waals surface area contributed by atoms with Gasteiger partial charge >= 0.3 is 0 Å². The van der Waals surface area contributed by atoms with Gasteiger partial charge < -0.3 is 10.6 Å². The topological polar surface area (TPSA) is 45.4 Å². The van der Waals surface area contributed by atoms with Gasteiger partial charge in [0.2, 0.25) is 0 Å². The van der Waals surface area contributed by atoms with E-state index in [1.165, 1.54) is 38.6 Å². The van der Waals surface area contributed by atoms with Crippen LogP contribution in [0.2, 0.25) is 0 Å². The second-order valence-corrected chi connectivity index (χ2v) is 6.23. The Kier molecular flexibility index (Phi) is 4.41. The van der Waals surface area contributed by atoms with Gasteiger partial charge in [-0.3, -0.25) is 9.88 Å². The van der Waals surface area contributed by atoms with Crippen molar-refractivity contribution in [2.45, 2.75) is 32.1 Å². The van der Waals surface area contributed by atoms with Gasteiger partial charge in [-0.05, 0) is 24.8 Å². The van der Waals surface area contributed by atoms with Crippen LogP contribution in [0.25, 0.3) is 0 Å². The fourth-order valence-electron chi connectivity index (χ4n) is 3.59. The molecule has 2 N–H and O–H groups in total. The molecule has 1 aromatic rings. The molecule has 1 aromatic heterocycles. The van der Waals surface area contributed by atoms with Gasteiger partial charge in [-0.2, -0.15) is 0 Å². The third-order valence-electron chi connectivity index (χ3n) is 4.78. The Bertz CT molecular complexity index is 420. The Labute approximate surface area is 122 Å². The zero-order chi connectivity index (χ0) is 13.8. The molecule has 4 nitrogen and oxygen atoms in total. The fraction of sp³-hybridized carbons (Fsp3) is 0.688. The highest BCUT2D eigenvalue weighted by Crippen LogP contribution is 2.26. The Morgan fingerprint density at radius 2 is 1.85 bits per heavy atom. The Hall–Kier alpha value is -1.29. The second kappa shape index (κ2) is 6.44. The summed E-state index contributed by atoms with van der Waals surface area (Å²) in [6, 6.07) is 2.03. The molecular weight excluding hydrogens is 248 g/mol. The molecule has 0 atom stereocenters. The van der Waals surface area contributed by atoms with Crippen LogP contribution < -0.4 is 10.6 Å². The van der Waals surface area contributed by atoms with Gasteiger partial charge in [0.1, 0.15) is 0 Å². The van der Waals surface area contributed by atoms with Gasteiger partial charge in [0.15, 0.2) is 0 Å². The molecule has 3 rings (SSSR count). The Morgan fingerprint density at radius 3 is 2.55 bits per heavy atom. The highest BCUT2D eigenvalue weighted by molar-refractivity contribution is 5.66. The number of pyridine rings is 1. The number of nitrogens with zero attached hydrogens (tertiary/aromatic N) is 3. The van der Waals surface area contributed by atoms with E-state index in [9.17, 15) is 0 Å². The molecule has 2 aliphatic rings. The predicted molar refractivity (Wildman–Crippen MR) is 83.9 cm³/mol. The maximum atomic E-state index is 6.02. The van der Waals surface area contributed by atoms with E-state index < -0.39 is 0 Å². The summed E-state index contributed by atoms with van der Waals surface area (Å²) >= 11 is 0. The third kappa shape index (κ3) is 3.23. The maximum Gasteiger partial charge on any atom is 0.0738 e. The standard InChI is InChI=1S/C16H26N4/c17-15-12-18-7-6-16(15)20-10-8-19(9-11-20)13-14-4-2-1-3-5-14/h6-7,12,14H,1-5,8-11,13,17H2. The summed E-state index contributed by atoms with van der Waals surface area (Å²) in [5.74, 6) is 0.946. The SMILES string of the molecule is Nc1cnccc1N1CCN(CC2CCCCC2)CC1. The lowest BCUT2D eigenvalue weighted by atomic mass is 9.89. The van der Waals surface area contributed by atoms with Crippen LogP contribution in [0.4, 0.5) is 11.4 Å². The quantitative estimate of drug-likeness (QED) is 0.919. The van der Waals surface area contributed by atoms with Crippen LogP contribution in [-0.4, -0.2) is 42.6 Å². The fourth-order valence-corrected chi connectivity index (χ4v) is 3.59. The number of piperazine rings is 1. The van der Waals surface area contributed by atoms with E-state index >= 15 is 0 Å². The molecule has 1 saturated carbocycles. The van der Waals surface area contributed by atoms with E-state index in [1.54, 1.807) is 6.20 Å². The van der Waals surface area contributed by atoms with Gasteiger partial charge in [0.25, 0.3) is 0 Å². The zero-order valence-electron chi connectivity index (χ0n) is 12.3. The first-order valence-electron chi connectivity index (χ1n) is 8.00. The summed E-state index contributed by atoms with van der Waals surface area (Å²) < 4.78 is 0. The molecule has 2 heterocycles. The molecular formula is C16H26N4. The van der Waals surface area contributed by atoms with Crippen LogP contribution in [0.15, 0.2) is 18.5 Å². The molecule has 1 saturated heterocycles. The van der Waals surface area contributed by atoms with Crippen molar-refractivity contribution in [1.29, 1.82) is 0 Å². The van der Waals surface area contributed by atoms with Crippen molar-refractivity contribution in [3.63, 3.8) is 0 Å². The molecule has 2 fully saturated rings. The van der Waals surface area contributed by atoms with Crippen LogP contribution in [0.5, 0.6) is 0 Å². The molecule has 1 aliphatic heterocycles. The van der Waals surface area contributed by atoms with Crippen LogP contribution in [0.1, 0.15) is 32.1 Å². The van der Waals surface area contributed by atoms with Gasteiger partial charge in [-0.15, -0.1) is 0 Å². The lowest BCUT2D eigenvalue weighted by molar-refractivity contribution is 0.192. The van der Waals surface area contributed by atoms with Crippen LogP contribution in [-0.2, 0) is 0 Å². The normalized spacial score (nSPS) is 22.1. The molecule has 0 bridgehead atoms. The molecule has 110 valence electrons. The average molecular weight is 274 g/mol. The molecule has 0 aromatic carbocycles. The summed E-state index contributed by atoms with van der Waals surface area (Å²) in [6.07, 6.45) is 10.8. The minimum absolute atomic E-state index is 0.799. The van der Waals surface area contributed by atoms with Gasteiger partial charge in [0, 0.05) is 38.9 Å². The van der Waals surface area contributed by atoms with E-state index in [0.29, 0.717) is 0 Å². The summed E-state index contributed by atoms with van der Waals surface area (Å²) in [6.45, 7) is 5.80. The molecule has 0 unspecified atom stereocenters. The van der Waals surface area contributed by atoms with Gasteiger partial charge in [0.05, 0.1) is 17.6 Å². The minimum Gasteiger partial charge on any atom is -0.396 e. The van der Waals surface area contributed by atoms with Crippen LogP contribution in [0.3, 0.4) is 0 Å². The van der Waals surface area contributed by atoms with Crippen molar-refractivity contribution < 1.29 is 0 Å². The van der Waals surface area contributed by atoms with Gasteiger partial charge in [-0.25, -0.2) is 0 Å². The summed E-state index contributed by atoms with van der Waals surface area (Å²) in [4.78, 5) is 9.11. The maximum absolute atomic E-state index is 6.02. The summed E-state index contributed by atoms with van der Waals surface area (Å²) in [5, 5.41) is 0. The van der Waals surface area contributed by atoms with Crippen molar-refractivity contribution in [2.75, 3.05) is 43.4 Å². The molecule has 4 heteroatoms. The van der Waals surface area contributed by atoms with Gasteiger partial charge in [-0.1, -0.05) is 19.3 Å². The van der Waals surface area contributed by atoms with E-state index in [2.05, 4.69) is 14.8 Å². The first-order valence-corrected chi connectivity index (χ1v) is 8.00. The predicted octanol–water partition coefficient (Wildman–Crippen LogP) is 2.37. The van der Waals surface area contributed by atoms with E-state index in [4.69, 9.17) is 5.73 Å². The molecule has 0 spiro atoms. The highest BCUT2D eigenvalue weighted by atomic mass is 15.3. The third-order valence-corrected chi connectivity index (χ3v) is 4.78. The molecule has 1 aliphatic carbocycles. The monoisotopic (exact) mass is 274 g/mol. The first kappa shape index (κ1) is 13.7. The number of hydrogen-bond acceptors (Lipinski definition) is 4. The minimum atomic E-state index is 0.799. The average Bonchev–Trinajstić information content (AvgIpc) is 2.50. The number of nitrogen functional groups attached to an aromatic ring is 1. The smallest absolute Gasteiger partial charge is 0.0738 e. The van der Waals surface area contributed by atoms with Crippen LogP contribution in [0, 0.1) is 5.92 Å². The number of hydrogen-bond donors (Lipinski definition) is 1. The summed E-state index contributed by atoms with van der Waals surface area (Å²) in [7, 11) is 0. The van der Waals surface area contributed by atoms with Crippen molar-refractivity contribution in [3.8, 4) is 0 Å². The number of aromatic nitrogens is 1. The molecule has 0 radical (unpaired) electrons. The van der Waals surface area contributed by atoms with Crippen molar-refractivity contribution in [3.05, 3.63) is 18.5 Å². The Balaban J connectivity index is 1.50. The van der Waals surface area contributed by atoms with E-state index in [1.807, 2.05) is 12.3 Å².